The summed E-state index contributed by atoms with van der Waals surface area (Å²) >= 11 is 0. The Morgan fingerprint density at radius 1 is 1.07 bits per heavy atom. The zero-order valence-corrected chi connectivity index (χ0v) is 9.63. The zero-order chi connectivity index (χ0) is 11.3. The molecule has 2 N–H and O–H groups in total. The van der Waals surface area contributed by atoms with Gasteiger partial charge in [-0.15, -0.1) is 0 Å². The highest BCUT2D eigenvalue weighted by atomic mass is 16.5. The minimum absolute atomic E-state index is 0.0510. The Bertz CT molecular complexity index is 311. The Balaban J connectivity index is 3.09. The van der Waals surface area contributed by atoms with Crippen LogP contribution in [-0.2, 0) is 0 Å². The summed E-state index contributed by atoms with van der Waals surface area (Å²) in [6, 6.07) is 5.73. The number of hydrogen-bond donors (Lipinski definition) is 2. The molecule has 0 unspecified atom stereocenters. The van der Waals surface area contributed by atoms with Crippen molar-refractivity contribution in [1.82, 2.24) is 10.6 Å². The van der Waals surface area contributed by atoms with Crippen LogP contribution in [0.25, 0.3) is 0 Å². The normalized spacial score (nSPS) is 10.5. The molecule has 0 fully saturated rings. The molecule has 84 valence electrons. The molecule has 0 bridgehead atoms. The summed E-state index contributed by atoms with van der Waals surface area (Å²) in [7, 11) is 7.09. The third-order valence-electron chi connectivity index (χ3n) is 2.33. The summed E-state index contributed by atoms with van der Waals surface area (Å²) in [6.45, 7) is 0. The van der Waals surface area contributed by atoms with E-state index in [1.54, 1.807) is 14.2 Å². The molecular formula is C11H18N2O2. The summed E-state index contributed by atoms with van der Waals surface area (Å²) < 4.78 is 10.5. The molecule has 0 saturated carbocycles. The first-order chi connectivity index (χ1) is 7.26. The van der Waals surface area contributed by atoms with Gasteiger partial charge in [0, 0.05) is 5.56 Å². The lowest BCUT2D eigenvalue weighted by Gasteiger charge is -2.19. The molecule has 4 nitrogen and oxygen atoms in total. The van der Waals surface area contributed by atoms with E-state index in [9.17, 15) is 0 Å². The Morgan fingerprint density at radius 2 is 1.73 bits per heavy atom. The largest absolute Gasteiger partial charge is 0.497 e. The van der Waals surface area contributed by atoms with Gasteiger partial charge in [-0.1, -0.05) is 0 Å². The van der Waals surface area contributed by atoms with E-state index in [2.05, 4.69) is 10.6 Å². The van der Waals surface area contributed by atoms with Crippen LogP contribution >= 0.6 is 0 Å². The van der Waals surface area contributed by atoms with Crippen molar-refractivity contribution in [2.75, 3.05) is 28.3 Å². The Morgan fingerprint density at radius 3 is 2.20 bits per heavy atom. The second-order valence-electron chi connectivity index (χ2n) is 3.12. The SMILES string of the molecule is CNC(NC)c1cc(OC)ccc1OC. The molecule has 0 aliphatic rings. The molecule has 0 aliphatic heterocycles. The van der Waals surface area contributed by atoms with Crippen molar-refractivity contribution >= 4 is 0 Å². The van der Waals surface area contributed by atoms with Crippen molar-refractivity contribution in [2.24, 2.45) is 0 Å². The quantitative estimate of drug-likeness (QED) is 0.715. The zero-order valence-electron chi connectivity index (χ0n) is 9.63. The van der Waals surface area contributed by atoms with Crippen LogP contribution in [0.2, 0.25) is 0 Å². The molecule has 0 amide bonds. The third kappa shape index (κ3) is 2.61. The molecule has 1 aromatic rings. The molecule has 1 rings (SSSR count). The van der Waals surface area contributed by atoms with Crippen LogP contribution in [0.1, 0.15) is 11.7 Å². The maximum Gasteiger partial charge on any atom is 0.125 e. The molecule has 0 aliphatic carbocycles. The van der Waals surface area contributed by atoms with Gasteiger partial charge in [0.15, 0.2) is 0 Å². The highest BCUT2D eigenvalue weighted by Crippen LogP contribution is 2.27. The predicted molar refractivity (Wildman–Crippen MR) is 60.4 cm³/mol. The van der Waals surface area contributed by atoms with Crippen molar-refractivity contribution < 1.29 is 9.47 Å². The van der Waals surface area contributed by atoms with Crippen molar-refractivity contribution in [1.29, 1.82) is 0 Å². The van der Waals surface area contributed by atoms with E-state index >= 15 is 0 Å². The van der Waals surface area contributed by atoms with Crippen LogP contribution < -0.4 is 20.1 Å². The monoisotopic (exact) mass is 210 g/mol. The minimum atomic E-state index is 0.0510. The summed E-state index contributed by atoms with van der Waals surface area (Å²) in [4.78, 5) is 0. The molecule has 0 spiro atoms. The number of hydrogen-bond acceptors (Lipinski definition) is 4. The summed E-state index contributed by atoms with van der Waals surface area (Å²) in [6.07, 6.45) is 0.0510. The highest BCUT2D eigenvalue weighted by Gasteiger charge is 2.13. The predicted octanol–water partition coefficient (Wildman–Crippen LogP) is 1.14. The van der Waals surface area contributed by atoms with Crippen molar-refractivity contribution in [3.8, 4) is 11.5 Å². The summed E-state index contributed by atoms with van der Waals surface area (Å²) in [5.41, 5.74) is 1.03. The van der Waals surface area contributed by atoms with Crippen LogP contribution in [0.4, 0.5) is 0 Å². The van der Waals surface area contributed by atoms with Crippen molar-refractivity contribution in [2.45, 2.75) is 6.17 Å². The van der Waals surface area contributed by atoms with Gasteiger partial charge in [-0.3, -0.25) is 0 Å². The molecule has 15 heavy (non-hydrogen) atoms. The first-order valence-corrected chi connectivity index (χ1v) is 4.83. The number of benzene rings is 1. The second kappa shape index (κ2) is 5.58. The Labute approximate surface area is 90.6 Å². The maximum absolute atomic E-state index is 5.29. The lowest BCUT2D eigenvalue weighted by atomic mass is 10.1. The van der Waals surface area contributed by atoms with Crippen LogP contribution in [-0.4, -0.2) is 28.3 Å². The smallest absolute Gasteiger partial charge is 0.125 e. The molecule has 4 heteroatoms. The minimum Gasteiger partial charge on any atom is -0.497 e. The average molecular weight is 210 g/mol. The highest BCUT2D eigenvalue weighted by molar-refractivity contribution is 5.42. The van der Waals surface area contributed by atoms with Gasteiger partial charge in [-0.2, -0.15) is 0 Å². The van der Waals surface area contributed by atoms with Gasteiger partial charge in [-0.05, 0) is 32.3 Å². The number of nitrogens with one attached hydrogen (secondary N) is 2. The number of methoxy groups -OCH3 is 2. The van der Waals surface area contributed by atoms with Crippen molar-refractivity contribution in [3.05, 3.63) is 23.8 Å². The fourth-order valence-electron chi connectivity index (χ4n) is 1.52. The molecule has 0 saturated heterocycles. The fourth-order valence-corrected chi connectivity index (χ4v) is 1.52. The van der Waals surface area contributed by atoms with Crippen molar-refractivity contribution in [3.63, 3.8) is 0 Å². The van der Waals surface area contributed by atoms with Crippen LogP contribution in [0, 0.1) is 0 Å². The first kappa shape index (κ1) is 11.8. The van der Waals surface area contributed by atoms with E-state index in [1.165, 1.54) is 0 Å². The summed E-state index contributed by atoms with van der Waals surface area (Å²) in [5.74, 6) is 1.66. The van der Waals surface area contributed by atoms with E-state index in [0.29, 0.717) is 0 Å². The van der Waals surface area contributed by atoms with Gasteiger partial charge < -0.3 is 20.1 Å². The maximum atomic E-state index is 5.29. The number of ether oxygens (including phenoxy) is 2. The lowest BCUT2D eigenvalue weighted by molar-refractivity contribution is 0.386. The first-order valence-electron chi connectivity index (χ1n) is 4.83. The molecule has 0 radical (unpaired) electrons. The van der Waals surface area contributed by atoms with Gasteiger partial charge >= 0.3 is 0 Å². The van der Waals surface area contributed by atoms with E-state index in [-0.39, 0.29) is 6.17 Å². The van der Waals surface area contributed by atoms with Gasteiger partial charge in [0.25, 0.3) is 0 Å². The van der Waals surface area contributed by atoms with Crippen LogP contribution in [0.15, 0.2) is 18.2 Å². The Hall–Kier alpha value is -1.26. The van der Waals surface area contributed by atoms with Crippen LogP contribution in [0.5, 0.6) is 11.5 Å². The second-order valence-corrected chi connectivity index (χ2v) is 3.12. The van der Waals surface area contributed by atoms with E-state index < -0.39 is 0 Å². The summed E-state index contributed by atoms with van der Waals surface area (Å²) in [5, 5.41) is 6.29. The van der Waals surface area contributed by atoms with Gasteiger partial charge in [0.05, 0.1) is 20.4 Å². The van der Waals surface area contributed by atoms with Gasteiger partial charge in [-0.25, -0.2) is 0 Å². The molecule has 0 heterocycles. The van der Waals surface area contributed by atoms with E-state index in [1.807, 2.05) is 32.3 Å². The Kier molecular flexibility index (Phi) is 4.39. The van der Waals surface area contributed by atoms with Crippen LogP contribution in [0.3, 0.4) is 0 Å². The standard InChI is InChI=1S/C11H18N2O2/c1-12-11(13-2)9-7-8(14-3)5-6-10(9)15-4/h5-7,11-13H,1-4H3. The van der Waals surface area contributed by atoms with Gasteiger partial charge in [0.2, 0.25) is 0 Å². The molecular weight excluding hydrogens is 192 g/mol. The lowest BCUT2D eigenvalue weighted by Crippen LogP contribution is -2.29. The molecule has 1 aromatic carbocycles. The van der Waals surface area contributed by atoms with E-state index in [4.69, 9.17) is 9.47 Å². The molecule has 0 aromatic heterocycles. The average Bonchev–Trinajstić information content (AvgIpc) is 2.30. The van der Waals surface area contributed by atoms with E-state index in [0.717, 1.165) is 17.1 Å². The fraction of sp³-hybridized carbons (Fsp3) is 0.455. The van der Waals surface area contributed by atoms with Gasteiger partial charge in [0.1, 0.15) is 11.5 Å². The molecule has 0 atom stereocenters. The third-order valence-corrected chi connectivity index (χ3v) is 2.33. The topological polar surface area (TPSA) is 42.5 Å². The number of rotatable bonds is 5.